The molecule has 0 fully saturated rings. The van der Waals surface area contributed by atoms with Crippen LogP contribution >= 0.6 is 0 Å². The summed E-state index contributed by atoms with van der Waals surface area (Å²) in [5.74, 6) is 1.73. The van der Waals surface area contributed by atoms with Gasteiger partial charge in [0, 0.05) is 0 Å². The van der Waals surface area contributed by atoms with Crippen molar-refractivity contribution >= 4 is 0 Å². The summed E-state index contributed by atoms with van der Waals surface area (Å²) in [5.41, 5.74) is 2.84. The van der Waals surface area contributed by atoms with Crippen molar-refractivity contribution < 1.29 is 4.74 Å². The van der Waals surface area contributed by atoms with Crippen LogP contribution in [-0.2, 0) is 6.42 Å². The molecule has 0 N–H and O–H groups in total. The summed E-state index contributed by atoms with van der Waals surface area (Å²) in [6, 6.07) is 8.36. The second kappa shape index (κ2) is 7.97. The SMILES string of the molecule is CC/C=C(/C)CC(CC)Cc1ccccc1OC. The second-order valence-corrected chi connectivity index (χ2v) is 4.95. The van der Waals surface area contributed by atoms with Gasteiger partial charge in [-0.15, -0.1) is 0 Å². The van der Waals surface area contributed by atoms with Gasteiger partial charge in [0.1, 0.15) is 5.75 Å². The van der Waals surface area contributed by atoms with Crippen molar-refractivity contribution in [3.8, 4) is 5.75 Å². The zero-order chi connectivity index (χ0) is 13.4. The third-order valence-electron chi connectivity index (χ3n) is 3.44. The van der Waals surface area contributed by atoms with E-state index in [0.717, 1.165) is 18.6 Å². The van der Waals surface area contributed by atoms with Crippen LogP contribution in [0.1, 0.15) is 45.6 Å². The monoisotopic (exact) mass is 246 g/mol. The predicted molar refractivity (Wildman–Crippen MR) is 79.1 cm³/mol. The molecular formula is C17H26O. The predicted octanol–water partition coefficient (Wildman–Crippen LogP) is 5.01. The van der Waals surface area contributed by atoms with Gasteiger partial charge in [-0.2, -0.15) is 0 Å². The van der Waals surface area contributed by atoms with Gasteiger partial charge in [0.2, 0.25) is 0 Å². The van der Waals surface area contributed by atoms with Gasteiger partial charge in [-0.1, -0.05) is 50.1 Å². The lowest BCUT2D eigenvalue weighted by Gasteiger charge is -2.17. The first kappa shape index (κ1) is 14.8. The maximum absolute atomic E-state index is 5.43. The van der Waals surface area contributed by atoms with E-state index in [1.165, 1.54) is 24.0 Å². The van der Waals surface area contributed by atoms with Crippen molar-refractivity contribution in [1.29, 1.82) is 0 Å². The van der Waals surface area contributed by atoms with Gasteiger partial charge in [-0.05, 0) is 43.7 Å². The molecule has 0 bridgehead atoms. The minimum Gasteiger partial charge on any atom is -0.496 e. The molecule has 100 valence electrons. The van der Waals surface area contributed by atoms with E-state index in [1.54, 1.807) is 7.11 Å². The Hall–Kier alpha value is -1.24. The summed E-state index contributed by atoms with van der Waals surface area (Å²) < 4.78 is 5.43. The summed E-state index contributed by atoms with van der Waals surface area (Å²) in [4.78, 5) is 0. The molecule has 1 aromatic carbocycles. The molecule has 1 heteroatoms. The third kappa shape index (κ3) is 4.56. The van der Waals surface area contributed by atoms with Crippen molar-refractivity contribution in [3.05, 3.63) is 41.5 Å². The highest BCUT2D eigenvalue weighted by Gasteiger charge is 2.11. The molecule has 0 amide bonds. The van der Waals surface area contributed by atoms with Gasteiger partial charge in [0.15, 0.2) is 0 Å². The Morgan fingerprint density at radius 3 is 2.61 bits per heavy atom. The molecule has 0 aliphatic heterocycles. The van der Waals surface area contributed by atoms with Gasteiger partial charge in [-0.25, -0.2) is 0 Å². The zero-order valence-electron chi connectivity index (χ0n) is 12.2. The number of benzene rings is 1. The van der Waals surface area contributed by atoms with Gasteiger partial charge < -0.3 is 4.74 Å². The number of methoxy groups -OCH3 is 1. The number of hydrogen-bond donors (Lipinski definition) is 0. The third-order valence-corrected chi connectivity index (χ3v) is 3.44. The van der Waals surface area contributed by atoms with Crippen LogP contribution in [0.25, 0.3) is 0 Å². The molecule has 18 heavy (non-hydrogen) atoms. The molecule has 0 aromatic heterocycles. The van der Waals surface area contributed by atoms with Gasteiger partial charge in [-0.3, -0.25) is 0 Å². The van der Waals surface area contributed by atoms with E-state index < -0.39 is 0 Å². The maximum atomic E-state index is 5.43. The van der Waals surface area contributed by atoms with Crippen LogP contribution < -0.4 is 4.74 Å². The average molecular weight is 246 g/mol. The van der Waals surface area contributed by atoms with Crippen molar-refractivity contribution in [1.82, 2.24) is 0 Å². The Morgan fingerprint density at radius 2 is 2.00 bits per heavy atom. The fraction of sp³-hybridized carbons (Fsp3) is 0.529. The lowest BCUT2D eigenvalue weighted by Crippen LogP contribution is -2.05. The summed E-state index contributed by atoms with van der Waals surface area (Å²) >= 11 is 0. The molecule has 0 heterocycles. The Bertz CT molecular complexity index is 379. The normalized spacial score (nSPS) is 13.4. The summed E-state index contributed by atoms with van der Waals surface area (Å²) in [6.07, 6.45) is 6.99. The van der Waals surface area contributed by atoms with Crippen molar-refractivity contribution in [2.75, 3.05) is 7.11 Å². The van der Waals surface area contributed by atoms with Crippen molar-refractivity contribution in [2.24, 2.45) is 5.92 Å². The molecule has 1 atom stereocenters. The quantitative estimate of drug-likeness (QED) is 0.614. The van der Waals surface area contributed by atoms with Crippen molar-refractivity contribution in [2.45, 2.75) is 46.5 Å². The topological polar surface area (TPSA) is 9.23 Å². The van der Waals surface area contributed by atoms with E-state index in [1.807, 2.05) is 6.07 Å². The average Bonchev–Trinajstić information content (AvgIpc) is 2.38. The number of hydrogen-bond acceptors (Lipinski definition) is 1. The van der Waals surface area contributed by atoms with Gasteiger partial charge in [0.05, 0.1) is 7.11 Å². The highest BCUT2D eigenvalue weighted by Crippen LogP contribution is 2.25. The maximum Gasteiger partial charge on any atom is 0.122 e. The van der Waals surface area contributed by atoms with Crippen LogP contribution in [0.5, 0.6) is 5.75 Å². The summed E-state index contributed by atoms with van der Waals surface area (Å²) in [5, 5.41) is 0. The first-order valence-corrected chi connectivity index (χ1v) is 6.98. The van der Waals surface area contributed by atoms with E-state index in [-0.39, 0.29) is 0 Å². The minimum atomic E-state index is 0.712. The van der Waals surface area contributed by atoms with E-state index in [4.69, 9.17) is 4.74 Å². The zero-order valence-corrected chi connectivity index (χ0v) is 12.2. The van der Waals surface area contributed by atoms with Crippen LogP contribution in [0.3, 0.4) is 0 Å². The molecule has 0 saturated heterocycles. The van der Waals surface area contributed by atoms with Crippen LogP contribution in [0.2, 0.25) is 0 Å². The molecule has 0 aliphatic carbocycles. The number of rotatable bonds is 7. The van der Waals surface area contributed by atoms with Crippen LogP contribution in [-0.4, -0.2) is 7.11 Å². The van der Waals surface area contributed by atoms with E-state index in [9.17, 15) is 0 Å². The Balaban J connectivity index is 2.70. The lowest BCUT2D eigenvalue weighted by atomic mass is 9.90. The van der Waals surface area contributed by atoms with Crippen molar-refractivity contribution in [3.63, 3.8) is 0 Å². The fourth-order valence-electron chi connectivity index (χ4n) is 2.43. The summed E-state index contributed by atoms with van der Waals surface area (Å²) in [6.45, 7) is 6.72. The van der Waals surface area contributed by atoms with Crippen LogP contribution in [0.15, 0.2) is 35.9 Å². The molecule has 0 saturated carbocycles. The van der Waals surface area contributed by atoms with Crippen LogP contribution in [0.4, 0.5) is 0 Å². The number of ether oxygens (including phenoxy) is 1. The Kier molecular flexibility index (Phi) is 6.56. The largest absolute Gasteiger partial charge is 0.496 e. The van der Waals surface area contributed by atoms with E-state index >= 15 is 0 Å². The highest BCUT2D eigenvalue weighted by atomic mass is 16.5. The standard InChI is InChI=1S/C17H26O/c1-5-9-14(3)12-15(6-2)13-16-10-7-8-11-17(16)18-4/h7-11,15H,5-6,12-13H2,1-4H3/b14-9-. The minimum absolute atomic E-state index is 0.712. The van der Waals surface area contributed by atoms with E-state index in [0.29, 0.717) is 5.92 Å². The molecule has 0 aliphatic rings. The smallest absolute Gasteiger partial charge is 0.122 e. The highest BCUT2D eigenvalue weighted by molar-refractivity contribution is 5.33. The number of para-hydroxylation sites is 1. The molecule has 1 rings (SSSR count). The van der Waals surface area contributed by atoms with Gasteiger partial charge >= 0.3 is 0 Å². The van der Waals surface area contributed by atoms with Crippen LogP contribution in [0, 0.1) is 5.92 Å². The molecule has 1 unspecified atom stereocenters. The molecular weight excluding hydrogens is 220 g/mol. The fourth-order valence-corrected chi connectivity index (χ4v) is 2.43. The Morgan fingerprint density at radius 1 is 1.28 bits per heavy atom. The second-order valence-electron chi connectivity index (χ2n) is 4.95. The molecule has 1 nitrogen and oxygen atoms in total. The van der Waals surface area contributed by atoms with E-state index in [2.05, 4.69) is 45.0 Å². The van der Waals surface area contributed by atoms with Gasteiger partial charge in [0.25, 0.3) is 0 Å². The molecule has 0 radical (unpaired) electrons. The number of allylic oxidation sites excluding steroid dienone is 2. The molecule has 0 spiro atoms. The first-order chi connectivity index (χ1) is 8.71. The summed E-state index contributed by atoms with van der Waals surface area (Å²) in [7, 11) is 1.75. The first-order valence-electron chi connectivity index (χ1n) is 6.98. The lowest BCUT2D eigenvalue weighted by molar-refractivity contribution is 0.402. The molecule has 1 aromatic rings. The Labute approximate surface area is 112 Å².